The lowest BCUT2D eigenvalue weighted by molar-refractivity contribution is -0.118. The summed E-state index contributed by atoms with van der Waals surface area (Å²) in [5, 5.41) is 0. The van der Waals surface area contributed by atoms with Crippen LogP contribution in [0.25, 0.3) is 6.08 Å². The van der Waals surface area contributed by atoms with E-state index in [1.807, 2.05) is 37.2 Å². The monoisotopic (exact) mass is 415 g/mol. The molecule has 0 saturated heterocycles. The van der Waals surface area contributed by atoms with Crippen molar-refractivity contribution in [3.63, 3.8) is 0 Å². The molecule has 1 atom stereocenters. The number of esters is 1. The van der Waals surface area contributed by atoms with Gasteiger partial charge in [-0.1, -0.05) is 24.3 Å². The van der Waals surface area contributed by atoms with Crippen molar-refractivity contribution in [1.82, 2.24) is 4.90 Å². The first-order valence-electron chi connectivity index (χ1n) is 9.32. The predicted octanol–water partition coefficient (Wildman–Crippen LogP) is 4.26. The van der Waals surface area contributed by atoms with Gasteiger partial charge >= 0.3 is 5.97 Å². The molecule has 1 aliphatic carbocycles. The summed E-state index contributed by atoms with van der Waals surface area (Å²) in [4.78, 5) is 26.9. The number of ketones is 1. The Morgan fingerprint density at radius 3 is 2.52 bits per heavy atom. The molecule has 3 rings (SSSR count). The third-order valence-electron chi connectivity index (χ3n) is 4.78. The van der Waals surface area contributed by atoms with E-state index in [4.69, 9.17) is 9.47 Å². The Morgan fingerprint density at radius 2 is 1.86 bits per heavy atom. The maximum absolute atomic E-state index is 12.6. The number of rotatable bonds is 6. The zero-order valence-electron chi connectivity index (χ0n) is 16.9. The number of nitrogens with zero attached hydrogens (tertiary/aromatic N) is 1. The Labute approximate surface area is 177 Å². The molecule has 154 valence electrons. The molecule has 29 heavy (non-hydrogen) atoms. The molecule has 1 saturated carbocycles. The molecule has 0 amide bonds. The molecule has 2 aromatic rings. The van der Waals surface area contributed by atoms with Crippen molar-refractivity contribution >= 4 is 30.2 Å². The van der Waals surface area contributed by atoms with Gasteiger partial charge in [0.2, 0.25) is 0 Å². The minimum atomic E-state index is -0.442. The van der Waals surface area contributed by atoms with Gasteiger partial charge in [0.15, 0.2) is 17.3 Å². The summed E-state index contributed by atoms with van der Waals surface area (Å²) in [6.45, 7) is 0.772. The molecule has 1 aliphatic rings. The number of allylic oxidation sites excluding steroid dienone is 1. The first kappa shape index (κ1) is 22.7. The van der Waals surface area contributed by atoms with Crippen LogP contribution in [0.4, 0.5) is 0 Å². The van der Waals surface area contributed by atoms with Crippen LogP contribution in [0, 0.1) is 5.92 Å². The Kier molecular flexibility index (Phi) is 8.00. The van der Waals surface area contributed by atoms with Crippen molar-refractivity contribution in [2.45, 2.75) is 12.8 Å². The third-order valence-corrected chi connectivity index (χ3v) is 4.78. The lowest BCUT2D eigenvalue weighted by Gasteiger charge is -2.13. The number of ether oxygens (including phenoxy) is 2. The fourth-order valence-corrected chi connectivity index (χ4v) is 3.40. The second-order valence-corrected chi connectivity index (χ2v) is 7.20. The minimum Gasteiger partial charge on any atom is -0.493 e. The summed E-state index contributed by atoms with van der Waals surface area (Å²) >= 11 is 0. The molecule has 5 nitrogen and oxygen atoms in total. The van der Waals surface area contributed by atoms with Gasteiger partial charge in [-0.2, -0.15) is 0 Å². The second-order valence-electron chi connectivity index (χ2n) is 7.20. The van der Waals surface area contributed by atoms with E-state index in [1.54, 1.807) is 36.4 Å². The standard InChI is InChI=1S/C23H25NO4.ClH/c1-24(2)15-19-11-10-18(22(19)25)13-16-9-12-20(21(14-16)27-3)28-23(26)17-7-5-4-6-8-17;/h4-9,12-14,19H,10-11,15H2,1-3H3;1H/b18-13+;. The van der Waals surface area contributed by atoms with Crippen LogP contribution >= 0.6 is 12.4 Å². The molecule has 1 unspecified atom stereocenters. The van der Waals surface area contributed by atoms with E-state index in [2.05, 4.69) is 0 Å². The molecule has 0 aromatic heterocycles. The molecule has 0 spiro atoms. The van der Waals surface area contributed by atoms with E-state index in [-0.39, 0.29) is 24.1 Å². The SMILES string of the molecule is COc1cc(/C=C2\CCC(CN(C)C)C2=O)ccc1OC(=O)c1ccccc1.Cl. The Morgan fingerprint density at radius 1 is 1.14 bits per heavy atom. The van der Waals surface area contributed by atoms with Crippen molar-refractivity contribution in [1.29, 1.82) is 0 Å². The van der Waals surface area contributed by atoms with Crippen molar-refractivity contribution in [3.05, 3.63) is 65.2 Å². The summed E-state index contributed by atoms with van der Waals surface area (Å²) in [6, 6.07) is 14.1. The molecule has 1 fully saturated rings. The van der Waals surface area contributed by atoms with Crippen molar-refractivity contribution in [2.24, 2.45) is 5.92 Å². The maximum atomic E-state index is 12.6. The lowest BCUT2D eigenvalue weighted by Crippen LogP contribution is -2.24. The summed E-state index contributed by atoms with van der Waals surface area (Å²) in [7, 11) is 5.49. The van der Waals surface area contributed by atoms with Gasteiger partial charge in [0.05, 0.1) is 12.7 Å². The number of methoxy groups -OCH3 is 1. The fraction of sp³-hybridized carbons (Fsp3) is 0.304. The van der Waals surface area contributed by atoms with E-state index in [0.717, 1.165) is 30.5 Å². The molecule has 0 radical (unpaired) electrons. The fourth-order valence-electron chi connectivity index (χ4n) is 3.40. The third kappa shape index (κ3) is 5.68. The molecule has 0 bridgehead atoms. The maximum Gasteiger partial charge on any atom is 0.343 e. The van der Waals surface area contributed by atoms with Crippen LogP contribution in [0.5, 0.6) is 11.5 Å². The molecular formula is C23H26ClNO4. The zero-order chi connectivity index (χ0) is 20.1. The molecule has 0 heterocycles. The smallest absolute Gasteiger partial charge is 0.343 e. The zero-order valence-corrected chi connectivity index (χ0v) is 17.7. The van der Waals surface area contributed by atoms with E-state index in [1.165, 1.54) is 7.11 Å². The van der Waals surface area contributed by atoms with Gasteiger partial charge in [-0.15, -0.1) is 12.4 Å². The number of halogens is 1. The molecule has 6 heteroatoms. The summed E-state index contributed by atoms with van der Waals surface area (Å²) in [5.74, 6) is 0.639. The first-order chi connectivity index (χ1) is 13.5. The number of carbonyl (C=O) groups is 2. The van der Waals surface area contributed by atoms with Crippen LogP contribution in [-0.2, 0) is 4.79 Å². The Bertz CT molecular complexity index is 893. The van der Waals surface area contributed by atoms with E-state index >= 15 is 0 Å². The van der Waals surface area contributed by atoms with Crippen LogP contribution in [0.15, 0.2) is 54.1 Å². The topological polar surface area (TPSA) is 55.8 Å². The molecular weight excluding hydrogens is 390 g/mol. The number of benzene rings is 2. The number of Topliss-reactive ketones (excluding diaryl/α,β-unsaturated/α-hetero) is 1. The van der Waals surface area contributed by atoms with Gasteiger partial charge in [0.1, 0.15) is 0 Å². The van der Waals surface area contributed by atoms with Gasteiger partial charge in [-0.25, -0.2) is 4.79 Å². The average molecular weight is 416 g/mol. The van der Waals surface area contributed by atoms with Crippen LogP contribution in [0.3, 0.4) is 0 Å². The second kappa shape index (κ2) is 10.2. The van der Waals surface area contributed by atoms with Crippen molar-refractivity contribution in [2.75, 3.05) is 27.7 Å². The first-order valence-corrected chi connectivity index (χ1v) is 9.32. The average Bonchev–Trinajstić information content (AvgIpc) is 3.02. The highest BCUT2D eigenvalue weighted by atomic mass is 35.5. The highest BCUT2D eigenvalue weighted by Crippen LogP contribution is 2.32. The largest absolute Gasteiger partial charge is 0.493 e. The number of hydrogen-bond donors (Lipinski definition) is 0. The van der Waals surface area contributed by atoms with Crippen molar-refractivity contribution < 1.29 is 19.1 Å². The Balaban J connectivity index is 0.00000300. The van der Waals surface area contributed by atoms with Gasteiger partial charge in [-0.05, 0) is 68.4 Å². The highest BCUT2D eigenvalue weighted by molar-refractivity contribution is 6.03. The van der Waals surface area contributed by atoms with E-state index in [0.29, 0.717) is 17.1 Å². The summed E-state index contributed by atoms with van der Waals surface area (Å²) < 4.78 is 10.9. The summed E-state index contributed by atoms with van der Waals surface area (Å²) in [6.07, 6.45) is 3.57. The van der Waals surface area contributed by atoms with Crippen LogP contribution in [-0.4, -0.2) is 44.4 Å². The molecule has 0 N–H and O–H groups in total. The number of hydrogen-bond acceptors (Lipinski definition) is 5. The van der Waals surface area contributed by atoms with E-state index < -0.39 is 5.97 Å². The van der Waals surface area contributed by atoms with E-state index in [9.17, 15) is 9.59 Å². The van der Waals surface area contributed by atoms with Gasteiger partial charge in [-0.3, -0.25) is 4.79 Å². The van der Waals surface area contributed by atoms with Crippen LogP contribution < -0.4 is 9.47 Å². The Hall–Kier alpha value is -2.63. The normalized spacial score (nSPS) is 17.3. The van der Waals surface area contributed by atoms with Crippen LogP contribution in [0.1, 0.15) is 28.8 Å². The van der Waals surface area contributed by atoms with Crippen molar-refractivity contribution in [3.8, 4) is 11.5 Å². The quantitative estimate of drug-likeness (QED) is 0.401. The van der Waals surface area contributed by atoms with Gasteiger partial charge in [0, 0.05) is 12.5 Å². The number of carbonyl (C=O) groups excluding carboxylic acids is 2. The predicted molar refractivity (Wildman–Crippen MR) is 116 cm³/mol. The van der Waals surface area contributed by atoms with Gasteiger partial charge < -0.3 is 14.4 Å². The highest BCUT2D eigenvalue weighted by Gasteiger charge is 2.29. The summed E-state index contributed by atoms with van der Waals surface area (Å²) in [5.41, 5.74) is 2.16. The molecule has 2 aromatic carbocycles. The lowest BCUT2D eigenvalue weighted by atomic mass is 10.0. The minimum absolute atomic E-state index is 0. The molecule has 0 aliphatic heterocycles. The van der Waals surface area contributed by atoms with Gasteiger partial charge in [0.25, 0.3) is 0 Å². The van der Waals surface area contributed by atoms with Crippen LogP contribution in [0.2, 0.25) is 0 Å².